The Labute approximate surface area is 142 Å². The molecule has 0 bridgehead atoms. The molecule has 5 nitrogen and oxygen atoms in total. The van der Waals surface area contributed by atoms with E-state index in [0.717, 1.165) is 5.56 Å². The van der Waals surface area contributed by atoms with Crippen LogP contribution >= 0.6 is 11.6 Å². The number of aryl methyl sites for hydroxylation is 1. The maximum Gasteiger partial charge on any atom is 0.255 e. The van der Waals surface area contributed by atoms with Gasteiger partial charge >= 0.3 is 0 Å². The molecule has 1 aromatic heterocycles. The Morgan fingerprint density at radius 3 is 2.58 bits per heavy atom. The van der Waals surface area contributed by atoms with Crippen molar-refractivity contribution in [3.63, 3.8) is 0 Å². The largest absolute Gasteiger partial charge is 0.476 e. The van der Waals surface area contributed by atoms with Crippen LogP contribution in [-0.2, 0) is 4.79 Å². The number of amides is 1. The van der Waals surface area contributed by atoms with Gasteiger partial charge in [-0.25, -0.2) is 0 Å². The molecule has 0 atom stereocenters. The molecular weight excluding hydrogens is 330 g/mol. The summed E-state index contributed by atoms with van der Waals surface area (Å²) in [5.41, 5.74) is 6.77. The molecule has 6 heteroatoms. The van der Waals surface area contributed by atoms with E-state index < -0.39 is 12.5 Å². The lowest BCUT2D eigenvalue weighted by atomic mass is 10.1. The molecule has 2 aromatic carbocycles. The van der Waals surface area contributed by atoms with Gasteiger partial charge in [0.15, 0.2) is 12.4 Å². The third kappa shape index (κ3) is 3.12. The average molecular weight is 344 g/mol. The SMILES string of the molecule is Cc1ccc2c(=O)c(OCC(N)=O)c(-c3ccc(Cl)cc3)oc2c1. The third-order valence-corrected chi connectivity index (χ3v) is 3.72. The number of nitrogens with two attached hydrogens (primary N) is 1. The molecule has 1 amide bonds. The highest BCUT2D eigenvalue weighted by molar-refractivity contribution is 6.30. The van der Waals surface area contributed by atoms with Crippen molar-refractivity contribution in [1.82, 2.24) is 0 Å². The molecule has 3 aromatic rings. The molecule has 0 spiro atoms. The quantitative estimate of drug-likeness (QED) is 0.788. The molecule has 0 unspecified atom stereocenters. The van der Waals surface area contributed by atoms with Gasteiger partial charge in [-0.05, 0) is 48.9 Å². The molecule has 2 N–H and O–H groups in total. The molecular formula is C18H14ClNO4. The van der Waals surface area contributed by atoms with Gasteiger partial charge in [0.1, 0.15) is 5.58 Å². The Morgan fingerprint density at radius 1 is 1.21 bits per heavy atom. The second kappa shape index (κ2) is 6.37. The molecule has 122 valence electrons. The first-order chi connectivity index (χ1) is 11.5. The molecule has 3 rings (SSSR count). The van der Waals surface area contributed by atoms with Crippen LogP contribution in [0.1, 0.15) is 5.56 Å². The van der Waals surface area contributed by atoms with Crippen LogP contribution in [0.4, 0.5) is 0 Å². The van der Waals surface area contributed by atoms with Gasteiger partial charge in [-0.3, -0.25) is 9.59 Å². The van der Waals surface area contributed by atoms with Crippen LogP contribution in [0.2, 0.25) is 5.02 Å². The lowest BCUT2D eigenvalue weighted by Crippen LogP contribution is -2.22. The van der Waals surface area contributed by atoms with Crippen molar-refractivity contribution in [3.8, 4) is 17.1 Å². The smallest absolute Gasteiger partial charge is 0.255 e. The van der Waals surface area contributed by atoms with Crippen LogP contribution in [0, 0.1) is 6.92 Å². The fourth-order valence-electron chi connectivity index (χ4n) is 2.35. The van der Waals surface area contributed by atoms with Crippen molar-refractivity contribution in [2.24, 2.45) is 5.73 Å². The van der Waals surface area contributed by atoms with Crippen LogP contribution in [0.5, 0.6) is 5.75 Å². The predicted molar refractivity (Wildman–Crippen MR) is 92.4 cm³/mol. The first-order valence-electron chi connectivity index (χ1n) is 7.20. The van der Waals surface area contributed by atoms with Crippen molar-refractivity contribution in [1.29, 1.82) is 0 Å². The van der Waals surface area contributed by atoms with E-state index in [4.69, 9.17) is 26.5 Å². The van der Waals surface area contributed by atoms with E-state index in [9.17, 15) is 9.59 Å². The molecule has 0 saturated heterocycles. The summed E-state index contributed by atoms with van der Waals surface area (Å²) in [5.74, 6) is -0.496. The second-order valence-corrected chi connectivity index (χ2v) is 5.79. The van der Waals surface area contributed by atoms with Crippen LogP contribution in [-0.4, -0.2) is 12.5 Å². The summed E-state index contributed by atoms with van der Waals surface area (Å²) in [6, 6.07) is 12.0. The van der Waals surface area contributed by atoms with E-state index in [1.165, 1.54) is 0 Å². The summed E-state index contributed by atoms with van der Waals surface area (Å²) >= 11 is 5.90. The normalized spacial score (nSPS) is 10.8. The van der Waals surface area contributed by atoms with Gasteiger partial charge in [0.05, 0.1) is 5.39 Å². The van der Waals surface area contributed by atoms with E-state index >= 15 is 0 Å². The highest BCUT2D eigenvalue weighted by atomic mass is 35.5. The Kier molecular flexibility index (Phi) is 4.27. The van der Waals surface area contributed by atoms with Gasteiger partial charge in [-0.15, -0.1) is 0 Å². The Balaban J connectivity index is 2.27. The standard InChI is InChI=1S/C18H14ClNO4/c1-10-2-7-13-14(8-10)24-17(11-3-5-12(19)6-4-11)18(16(13)22)23-9-15(20)21/h2-8H,9H2,1H3,(H2,20,21). The van der Waals surface area contributed by atoms with E-state index in [1.54, 1.807) is 42.5 Å². The number of rotatable bonds is 4. The van der Waals surface area contributed by atoms with Crippen LogP contribution < -0.4 is 15.9 Å². The van der Waals surface area contributed by atoms with Crippen molar-refractivity contribution >= 4 is 28.5 Å². The molecule has 0 saturated carbocycles. The lowest BCUT2D eigenvalue weighted by molar-refractivity contribution is -0.119. The zero-order valence-electron chi connectivity index (χ0n) is 12.8. The van der Waals surface area contributed by atoms with Crippen molar-refractivity contribution in [2.75, 3.05) is 6.61 Å². The lowest BCUT2D eigenvalue weighted by Gasteiger charge is -2.11. The van der Waals surface area contributed by atoms with Crippen molar-refractivity contribution in [2.45, 2.75) is 6.92 Å². The summed E-state index contributed by atoms with van der Waals surface area (Å²) in [4.78, 5) is 23.8. The number of ether oxygens (including phenoxy) is 1. The summed E-state index contributed by atoms with van der Waals surface area (Å²) < 4.78 is 11.2. The molecule has 0 aliphatic carbocycles. The molecule has 24 heavy (non-hydrogen) atoms. The maximum atomic E-state index is 12.8. The number of carbonyl (C=O) groups excluding carboxylic acids is 1. The maximum absolute atomic E-state index is 12.8. The van der Waals surface area contributed by atoms with Gasteiger partial charge < -0.3 is 14.9 Å². The fraction of sp³-hybridized carbons (Fsp3) is 0.111. The molecule has 1 heterocycles. The zero-order chi connectivity index (χ0) is 17.3. The summed E-state index contributed by atoms with van der Waals surface area (Å²) in [7, 11) is 0. The number of hydrogen-bond donors (Lipinski definition) is 1. The zero-order valence-corrected chi connectivity index (χ0v) is 13.6. The number of fused-ring (bicyclic) bond motifs is 1. The van der Waals surface area contributed by atoms with E-state index in [1.807, 2.05) is 6.92 Å². The number of benzene rings is 2. The van der Waals surface area contributed by atoms with E-state index in [2.05, 4.69) is 0 Å². The van der Waals surface area contributed by atoms with Gasteiger partial charge in [0.2, 0.25) is 11.2 Å². The minimum atomic E-state index is -0.680. The minimum absolute atomic E-state index is 0.0486. The van der Waals surface area contributed by atoms with Crippen molar-refractivity contribution < 1.29 is 13.9 Å². The number of primary amides is 1. The van der Waals surface area contributed by atoms with Crippen LogP contribution in [0.3, 0.4) is 0 Å². The van der Waals surface area contributed by atoms with Crippen molar-refractivity contribution in [3.05, 3.63) is 63.3 Å². The van der Waals surface area contributed by atoms with Gasteiger partial charge in [0, 0.05) is 10.6 Å². The Hall–Kier alpha value is -2.79. The Bertz CT molecular complexity index is 977. The predicted octanol–water partition coefficient (Wildman–Crippen LogP) is 3.29. The molecule has 0 fully saturated rings. The van der Waals surface area contributed by atoms with E-state index in [0.29, 0.717) is 21.6 Å². The van der Waals surface area contributed by atoms with Gasteiger partial charge in [-0.2, -0.15) is 0 Å². The molecule has 0 aliphatic rings. The number of hydrogen-bond acceptors (Lipinski definition) is 4. The van der Waals surface area contributed by atoms with Gasteiger partial charge in [0.25, 0.3) is 5.91 Å². The summed E-state index contributed by atoms with van der Waals surface area (Å²) in [5, 5.41) is 0.926. The highest BCUT2D eigenvalue weighted by Crippen LogP contribution is 2.31. The molecule has 0 aliphatic heterocycles. The monoisotopic (exact) mass is 343 g/mol. The molecule has 0 radical (unpaired) electrons. The first kappa shape index (κ1) is 16.1. The topological polar surface area (TPSA) is 82.5 Å². The summed E-state index contributed by atoms with van der Waals surface area (Å²) in [6.45, 7) is 1.49. The number of halogens is 1. The van der Waals surface area contributed by atoms with Crippen LogP contribution in [0.15, 0.2) is 51.7 Å². The summed E-state index contributed by atoms with van der Waals surface area (Å²) in [6.07, 6.45) is 0. The van der Waals surface area contributed by atoms with Gasteiger partial charge in [-0.1, -0.05) is 17.7 Å². The number of carbonyl (C=O) groups is 1. The second-order valence-electron chi connectivity index (χ2n) is 5.35. The first-order valence-corrected chi connectivity index (χ1v) is 7.58. The minimum Gasteiger partial charge on any atom is -0.476 e. The fourth-order valence-corrected chi connectivity index (χ4v) is 2.47. The Morgan fingerprint density at radius 2 is 1.92 bits per heavy atom. The average Bonchev–Trinajstić information content (AvgIpc) is 2.54. The van der Waals surface area contributed by atoms with E-state index in [-0.39, 0.29) is 16.9 Å². The van der Waals surface area contributed by atoms with Crippen LogP contribution in [0.25, 0.3) is 22.3 Å². The highest BCUT2D eigenvalue weighted by Gasteiger charge is 2.18. The third-order valence-electron chi connectivity index (χ3n) is 3.47.